The monoisotopic (exact) mass is 667 g/mol. The fourth-order valence-corrected chi connectivity index (χ4v) is 6.97. The van der Waals surface area contributed by atoms with Crippen LogP contribution in [0.1, 0.15) is 73.8 Å². The number of aliphatic hydroxyl groups is 2. The van der Waals surface area contributed by atoms with E-state index in [1.165, 1.54) is 0 Å². The lowest BCUT2D eigenvalue weighted by atomic mass is 9.83. The molecule has 0 saturated carbocycles. The minimum atomic E-state index is -1.81. The summed E-state index contributed by atoms with van der Waals surface area (Å²) in [5.41, 5.74) is 2.65. The number of aryl methyl sites for hydroxylation is 1. The number of amides is 2. The molecule has 1 fully saturated rings. The molecule has 0 aliphatic carbocycles. The van der Waals surface area contributed by atoms with Crippen LogP contribution >= 0.6 is 11.6 Å². The third-order valence-corrected chi connectivity index (χ3v) is 9.76. The van der Waals surface area contributed by atoms with E-state index in [0.29, 0.717) is 47.9 Å². The summed E-state index contributed by atoms with van der Waals surface area (Å²) in [6, 6.07) is 22.7. The smallest absolute Gasteiger partial charge is 0.264 e. The van der Waals surface area contributed by atoms with Crippen molar-refractivity contribution in [2.75, 3.05) is 23.0 Å². The average Bonchev–Trinajstić information content (AvgIpc) is 3.63. The Balaban J connectivity index is 1.16. The van der Waals surface area contributed by atoms with Crippen LogP contribution in [0, 0.1) is 5.92 Å². The zero-order valence-electron chi connectivity index (χ0n) is 27.2. The van der Waals surface area contributed by atoms with Crippen LogP contribution in [0.3, 0.4) is 0 Å². The average molecular weight is 668 g/mol. The van der Waals surface area contributed by atoms with Crippen molar-refractivity contribution < 1.29 is 19.8 Å². The fourth-order valence-electron chi connectivity index (χ4n) is 6.80. The van der Waals surface area contributed by atoms with E-state index in [4.69, 9.17) is 11.6 Å². The van der Waals surface area contributed by atoms with Crippen molar-refractivity contribution in [3.05, 3.63) is 119 Å². The van der Waals surface area contributed by atoms with Crippen molar-refractivity contribution in [3.63, 3.8) is 0 Å². The molecular weight excluding hydrogens is 626 g/mol. The number of benzene rings is 3. The van der Waals surface area contributed by atoms with Crippen molar-refractivity contribution in [1.82, 2.24) is 15.0 Å². The van der Waals surface area contributed by atoms with Gasteiger partial charge in [0.05, 0.1) is 30.5 Å². The second-order valence-electron chi connectivity index (χ2n) is 12.8. The van der Waals surface area contributed by atoms with E-state index in [9.17, 15) is 19.8 Å². The quantitative estimate of drug-likeness (QED) is 0.180. The van der Waals surface area contributed by atoms with Crippen molar-refractivity contribution in [1.29, 1.82) is 0 Å². The van der Waals surface area contributed by atoms with Gasteiger partial charge in [-0.15, -0.1) is 5.10 Å². The van der Waals surface area contributed by atoms with E-state index >= 15 is 0 Å². The first-order valence-electron chi connectivity index (χ1n) is 16.8. The van der Waals surface area contributed by atoms with E-state index in [2.05, 4.69) is 10.3 Å². The van der Waals surface area contributed by atoms with Crippen molar-refractivity contribution in [2.24, 2.45) is 5.92 Å². The van der Waals surface area contributed by atoms with Crippen LogP contribution in [-0.4, -0.2) is 50.2 Å². The van der Waals surface area contributed by atoms with Gasteiger partial charge in [-0.1, -0.05) is 91.2 Å². The number of nitrogens with zero attached hydrogens (tertiary/aromatic N) is 5. The van der Waals surface area contributed by atoms with Crippen molar-refractivity contribution >= 4 is 34.8 Å². The summed E-state index contributed by atoms with van der Waals surface area (Å²) in [6.45, 7) is 3.23. The highest BCUT2D eigenvalue weighted by Crippen LogP contribution is 2.47. The first-order valence-corrected chi connectivity index (χ1v) is 17.1. The number of carbonyl (C=O) groups excluding carboxylic acids is 2. The molecule has 2 amide bonds. The zero-order chi connectivity index (χ0) is 33.7. The largest absolute Gasteiger partial charge is 0.395 e. The van der Waals surface area contributed by atoms with Gasteiger partial charge >= 0.3 is 0 Å². The summed E-state index contributed by atoms with van der Waals surface area (Å²) in [5.74, 6) is -1.09. The molecule has 1 aromatic heterocycles. The maximum absolute atomic E-state index is 14.1. The predicted octanol–water partition coefficient (Wildman–Crippen LogP) is 6.37. The van der Waals surface area contributed by atoms with Crippen LogP contribution in [0.4, 0.5) is 11.4 Å². The Hall–Kier alpha value is -4.31. The number of carbonyl (C=O) groups is 2. The molecular formula is C38H42ClN5O4. The zero-order valence-corrected chi connectivity index (χ0v) is 28.0. The molecule has 4 aromatic rings. The first kappa shape index (κ1) is 33.6. The first-order chi connectivity index (χ1) is 23.3. The Morgan fingerprint density at radius 3 is 2.62 bits per heavy atom. The Morgan fingerprint density at radius 2 is 1.81 bits per heavy atom. The molecule has 1 unspecified atom stereocenters. The van der Waals surface area contributed by atoms with E-state index < -0.39 is 17.4 Å². The third kappa shape index (κ3) is 6.95. The summed E-state index contributed by atoms with van der Waals surface area (Å²) in [6.07, 6.45) is 10.8. The highest BCUT2D eigenvalue weighted by atomic mass is 35.5. The number of fused-ring (bicyclic) bond motifs is 1. The second-order valence-corrected chi connectivity index (χ2v) is 13.2. The third-order valence-electron chi connectivity index (χ3n) is 9.52. The van der Waals surface area contributed by atoms with Gasteiger partial charge in [-0.25, -0.2) is 0 Å². The van der Waals surface area contributed by atoms with E-state index in [1.807, 2.05) is 84.8 Å². The van der Waals surface area contributed by atoms with Gasteiger partial charge in [-0.05, 0) is 60.7 Å². The number of hydrogen-bond acceptors (Lipinski definition) is 6. The number of halogens is 1. The molecule has 1 saturated heterocycles. The van der Waals surface area contributed by atoms with E-state index in [1.54, 1.807) is 27.8 Å². The standard InChI is InChI=1S/C38H42ClN5O4/c1-27(12-8-10-20-42-25-34(40-41-42)32(26-45)29-14-5-4-6-15-29)38(48)33-23-30(39)18-19-35(33)44(37(38)47)24-28-13-11-16-31(22-28)43-21-9-3-2-7-17-36(43)46/h4-6,8,11-16,18-19,22-23,25,27,32,45,48H,2-3,7,9-10,17,20-21,24,26H2,1H3/b12-8+/t27-,32?,38+/m1/s1. The highest BCUT2D eigenvalue weighted by Gasteiger charge is 2.52. The minimum absolute atomic E-state index is 0.0706. The molecule has 3 heterocycles. The van der Waals surface area contributed by atoms with Gasteiger partial charge in [-0.2, -0.15) is 0 Å². The van der Waals surface area contributed by atoms with Crippen molar-refractivity contribution in [2.45, 2.75) is 70.1 Å². The van der Waals surface area contributed by atoms with E-state index in [-0.39, 0.29) is 25.0 Å². The predicted molar refractivity (Wildman–Crippen MR) is 187 cm³/mol. The summed E-state index contributed by atoms with van der Waals surface area (Å²) >= 11 is 6.40. The molecule has 250 valence electrons. The topological polar surface area (TPSA) is 112 Å². The molecule has 6 rings (SSSR count). The van der Waals surface area contributed by atoms with Crippen LogP contribution in [0.25, 0.3) is 0 Å². The van der Waals surface area contributed by atoms with Gasteiger partial charge in [0, 0.05) is 47.9 Å². The van der Waals surface area contributed by atoms with Crippen LogP contribution < -0.4 is 9.80 Å². The SMILES string of the molecule is C[C@H](/C=C/CCn1cc(C(CO)c2ccccc2)nn1)[C@@]1(O)C(=O)N(Cc2cccc(N3CCCCCCC3=O)c2)c2ccc(Cl)cc21. The molecule has 2 N–H and O–H groups in total. The van der Waals surface area contributed by atoms with E-state index in [0.717, 1.165) is 42.5 Å². The Labute approximate surface area is 286 Å². The molecule has 3 aromatic carbocycles. The summed E-state index contributed by atoms with van der Waals surface area (Å²) in [7, 11) is 0. The molecule has 0 spiro atoms. The number of hydrogen-bond donors (Lipinski definition) is 2. The number of rotatable bonds is 11. The molecule has 2 aliphatic rings. The normalized spacial score (nSPS) is 19.8. The van der Waals surface area contributed by atoms with Crippen LogP contribution in [0.2, 0.25) is 5.02 Å². The second kappa shape index (κ2) is 14.8. The van der Waals surface area contributed by atoms with Gasteiger partial charge in [0.15, 0.2) is 5.60 Å². The lowest BCUT2D eigenvalue weighted by Crippen LogP contribution is -2.44. The number of anilines is 2. The Kier molecular flexibility index (Phi) is 10.4. The Bertz CT molecular complexity index is 1780. The summed E-state index contributed by atoms with van der Waals surface area (Å²) in [4.78, 5) is 30.5. The van der Waals surface area contributed by atoms with Gasteiger partial charge in [-0.3, -0.25) is 14.3 Å². The van der Waals surface area contributed by atoms with Crippen molar-refractivity contribution in [3.8, 4) is 0 Å². The van der Waals surface area contributed by atoms with Gasteiger partial charge < -0.3 is 20.0 Å². The number of allylic oxidation sites excluding steroid dienone is 1. The molecule has 48 heavy (non-hydrogen) atoms. The summed E-state index contributed by atoms with van der Waals surface area (Å²) in [5, 5.41) is 31.1. The van der Waals surface area contributed by atoms with Gasteiger partial charge in [0.25, 0.3) is 5.91 Å². The van der Waals surface area contributed by atoms with Crippen LogP contribution in [0.15, 0.2) is 91.1 Å². The molecule has 2 aliphatic heterocycles. The molecule has 0 bridgehead atoms. The van der Waals surface area contributed by atoms with Gasteiger partial charge in [0.2, 0.25) is 5.91 Å². The summed E-state index contributed by atoms with van der Waals surface area (Å²) < 4.78 is 1.73. The lowest BCUT2D eigenvalue weighted by molar-refractivity contribution is -0.139. The maximum atomic E-state index is 14.1. The molecule has 10 heteroatoms. The molecule has 3 atom stereocenters. The Morgan fingerprint density at radius 1 is 1.00 bits per heavy atom. The number of aromatic nitrogens is 3. The molecule has 0 radical (unpaired) electrons. The fraction of sp³-hybridized carbons (Fsp3) is 0.368. The highest BCUT2D eigenvalue weighted by molar-refractivity contribution is 6.31. The lowest BCUT2D eigenvalue weighted by Gasteiger charge is -2.28. The molecule has 9 nitrogen and oxygen atoms in total. The van der Waals surface area contributed by atoms with Crippen LogP contribution in [-0.2, 0) is 28.3 Å². The minimum Gasteiger partial charge on any atom is -0.395 e. The number of aliphatic hydroxyl groups excluding tert-OH is 1. The van der Waals surface area contributed by atoms with Crippen LogP contribution in [0.5, 0.6) is 0 Å². The van der Waals surface area contributed by atoms with Gasteiger partial charge in [0.1, 0.15) is 0 Å². The maximum Gasteiger partial charge on any atom is 0.264 e.